The number of ether oxygens (including phenoxy) is 1. The van der Waals surface area contributed by atoms with E-state index >= 15 is 0 Å². The third-order valence-electron chi connectivity index (χ3n) is 4.96. The van der Waals surface area contributed by atoms with E-state index in [0.717, 1.165) is 18.2 Å². The summed E-state index contributed by atoms with van der Waals surface area (Å²) in [5.41, 5.74) is 1.93. The maximum atomic E-state index is 13.4. The standard InChI is InChI=1S/C24H18F4N4O2/c1-14-20(23(33)30-11-15-7-17(25)9-18(26)8-15)3-2-4-22(14)34-19-5-6-29-21(10-19)16-12-31-32(13-16)24(27)28/h2-10,12-13,24H,11H2,1H3,(H,30,33). The minimum atomic E-state index is -2.76. The molecule has 0 aliphatic carbocycles. The van der Waals surface area contributed by atoms with Gasteiger partial charge < -0.3 is 10.1 Å². The number of carbonyl (C=O) groups excluding carboxylic acids is 1. The van der Waals surface area contributed by atoms with E-state index < -0.39 is 24.1 Å². The Kier molecular flexibility index (Phi) is 6.58. The Hall–Kier alpha value is -4.21. The molecular weight excluding hydrogens is 452 g/mol. The summed E-state index contributed by atoms with van der Waals surface area (Å²) in [5, 5.41) is 6.23. The van der Waals surface area contributed by atoms with Crippen molar-refractivity contribution in [1.82, 2.24) is 20.1 Å². The summed E-state index contributed by atoms with van der Waals surface area (Å²) < 4.78 is 58.7. The number of pyridine rings is 1. The monoisotopic (exact) mass is 470 g/mol. The summed E-state index contributed by atoms with van der Waals surface area (Å²) in [6.45, 7) is -1.12. The Morgan fingerprint density at radius 3 is 2.59 bits per heavy atom. The van der Waals surface area contributed by atoms with E-state index in [4.69, 9.17) is 4.74 Å². The van der Waals surface area contributed by atoms with Crippen LogP contribution in [0.4, 0.5) is 17.6 Å². The lowest BCUT2D eigenvalue weighted by atomic mass is 10.1. The first-order chi connectivity index (χ1) is 16.3. The van der Waals surface area contributed by atoms with E-state index in [1.165, 1.54) is 18.6 Å². The number of hydrogen-bond acceptors (Lipinski definition) is 4. The van der Waals surface area contributed by atoms with Crippen LogP contribution in [-0.4, -0.2) is 20.7 Å². The molecule has 0 aliphatic heterocycles. The van der Waals surface area contributed by atoms with Crippen molar-refractivity contribution in [3.05, 3.63) is 95.4 Å². The van der Waals surface area contributed by atoms with Gasteiger partial charge in [-0.3, -0.25) is 9.78 Å². The van der Waals surface area contributed by atoms with Gasteiger partial charge in [0.1, 0.15) is 23.1 Å². The molecule has 0 fully saturated rings. The van der Waals surface area contributed by atoms with E-state index in [1.807, 2.05) is 0 Å². The molecule has 4 rings (SSSR count). The number of benzene rings is 2. The van der Waals surface area contributed by atoms with Crippen molar-refractivity contribution in [3.8, 4) is 22.8 Å². The Labute approximate surface area is 191 Å². The average molecular weight is 470 g/mol. The highest BCUT2D eigenvalue weighted by atomic mass is 19.3. The van der Waals surface area contributed by atoms with E-state index in [9.17, 15) is 22.4 Å². The highest BCUT2D eigenvalue weighted by Crippen LogP contribution is 2.29. The number of nitrogens with one attached hydrogen (secondary N) is 1. The number of nitrogens with zero attached hydrogens (tertiary/aromatic N) is 3. The van der Waals surface area contributed by atoms with Crippen molar-refractivity contribution in [2.24, 2.45) is 0 Å². The minimum absolute atomic E-state index is 0.0575. The molecule has 6 nitrogen and oxygen atoms in total. The lowest BCUT2D eigenvalue weighted by Gasteiger charge is -2.13. The molecular formula is C24H18F4N4O2. The molecule has 0 aliphatic rings. The second kappa shape index (κ2) is 9.74. The van der Waals surface area contributed by atoms with Gasteiger partial charge in [-0.05, 0) is 42.8 Å². The van der Waals surface area contributed by atoms with Gasteiger partial charge in [-0.15, -0.1) is 0 Å². The molecule has 1 amide bonds. The van der Waals surface area contributed by atoms with Gasteiger partial charge in [0.15, 0.2) is 0 Å². The highest BCUT2D eigenvalue weighted by Gasteiger charge is 2.15. The second-order valence-electron chi connectivity index (χ2n) is 7.35. The molecule has 4 aromatic rings. The van der Waals surface area contributed by atoms with Crippen LogP contribution in [0.3, 0.4) is 0 Å². The van der Waals surface area contributed by atoms with E-state index in [1.54, 1.807) is 37.3 Å². The molecule has 2 aromatic heterocycles. The summed E-state index contributed by atoms with van der Waals surface area (Å²) in [6.07, 6.45) is 3.92. The SMILES string of the molecule is Cc1c(Oc2ccnc(-c3cnn(C(F)F)c3)c2)cccc1C(=O)NCc1cc(F)cc(F)c1. The maximum absolute atomic E-state index is 13.4. The fraction of sp³-hybridized carbons (Fsp3) is 0.125. The summed E-state index contributed by atoms with van der Waals surface area (Å²) in [6, 6.07) is 11.1. The average Bonchev–Trinajstić information content (AvgIpc) is 3.29. The summed E-state index contributed by atoms with van der Waals surface area (Å²) in [5.74, 6) is -1.12. The first kappa shape index (κ1) is 23.0. The quantitative estimate of drug-likeness (QED) is 0.355. The molecule has 0 radical (unpaired) electrons. The van der Waals surface area contributed by atoms with Gasteiger partial charge >= 0.3 is 6.55 Å². The van der Waals surface area contributed by atoms with Gasteiger partial charge in [0, 0.05) is 47.8 Å². The zero-order chi connectivity index (χ0) is 24.2. The van der Waals surface area contributed by atoms with E-state index in [0.29, 0.717) is 38.6 Å². The van der Waals surface area contributed by atoms with Gasteiger partial charge in [0.2, 0.25) is 0 Å². The van der Waals surface area contributed by atoms with Gasteiger partial charge in [-0.2, -0.15) is 13.9 Å². The summed E-state index contributed by atoms with van der Waals surface area (Å²) in [4.78, 5) is 16.8. The number of hydrogen-bond donors (Lipinski definition) is 1. The number of carbonyl (C=O) groups is 1. The van der Waals surface area contributed by atoms with Crippen molar-refractivity contribution in [1.29, 1.82) is 0 Å². The molecule has 0 saturated carbocycles. The number of rotatable bonds is 7. The Morgan fingerprint density at radius 1 is 1.12 bits per heavy atom. The lowest BCUT2D eigenvalue weighted by molar-refractivity contribution is 0.0566. The third-order valence-corrected chi connectivity index (χ3v) is 4.96. The molecule has 0 spiro atoms. The van der Waals surface area contributed by atoms with Crippen LogP contribution in [0.5, 0.6) is 11.5 Å². The van der Waals surface area contributed by atoms with Crippen molar-refractivity contribution in [2.45, 2.75) is 20.0 Å². The van der Waals surface area contributed by atoms with Crippen molar-refractivity contribution in [3.63, 3.8) is 0 Å². The molecule has 10 heteroatoms. The highest BCUT2D eigenvalue weighted by molar-refractivity contribution is 5.96. The molecule has 0 unspecified atom stereocenters. The fourth-order valence-electron chi connectivity index (χ4n) is 3.30. The van der Waals surface area contributed by atoms with Crippen LogP contribution in [0.2, 0.25) is 0 Å². The number of alkyl halides is 2. The Bertz CT molecular complexity index is 1320. The van der Waals surface area contributed by atoms with Crippen LogP contribution in [0.25, 0.3) is 11.3 Å². The molecule has 174 valence electrons. The van der Waals surface area contributed by atoms with Crippen LogP contribution in [0.15, 0.2) is 67.1 Å². The van der Waals surface area contributed by atoms with Crippen LogP contribution in [-0.2, 0) is 6.54 Å². The smallest absolute Gasteiger partial charge is 0.333 e. The molecule has 0 saturated heterocycles. The maximum Gasteiger partial charge on any atom is 0.333 e. The summed E-state index contributed by atoms with van der Waals surface area (Å²) >= 11 is 0. The number of amides is 1. The van der Waals surface area contributed by atoms with Crippen LogP contribution in [0, 0.1) is 18.6 Å². The normalized spacial score (nSPS) is 11.0. The molecule has 2 heterocycles. The zero-order valence-electron chi connectivity index (χ0n) is 17.8. The van der Waals surface area contributed by atoms with E-state index in [2.05, 4.69) is 15.4 Å². The topological polar surface area (TPSA) is 69.0 Å². The Balaban J connectivity index is 1.50. The molecule has 0 atom stereocenters. The predicted molar refractivity (Wildman–Crippen MR) is 115 cm³/mol. The molecule has 2 aromatic carbocycles. The molecule has 34 heavy (non-hydrogen) atoms. The van der Waals surface area contributed by atoms with Crippen molar-refractivity contribution < 1.29 is 27.1 Å². The largest absolute Gasteiger partial charge is 0.457 e. The van der Waals surface area contributed by atoms with Crippen molar-refractivity contribution in [2.75, 3.05) is 0 Å². The first-order valence-electron chi connectivity index (χ1n) is 10.1. The van der Waals surface area contributed by atoms with E-state index in [-0.39, 0.29) is 12.1 Å². The van der Waals surface area contributed by atoms with Gasteiger partial charge in [0.05, 0.1) is 11.9 Å². The third kappa shape index (κ3) is 5.22. The van der Waals surface area contributed by atoms with Gasteiger partial charge in [-0.25, -0.2) is 13.5 Å². The molecule has 0 bridgehead atoms. The summed E-state index contributed by atoms with van der Waals surface area (Å²) in [7, 11) is 0. The van der Waals surface area contributed by atoms with Crippen LogP contribution in [0.1, 0.15) is 28.0 Å². The molecule has 1 N–H and O–H groups in total. The zero-order valence-corrected chi connectivity index (χ0v) is 17.8. The minimum Gasteiger partial charge on any atom is -0.457 e. The van der Waals surface area contributed by atoms with Crippen molar-refractivity contribution >= 4 is 5.91 Å². The van der Waals surface area contributed by atoms with Gasteiger partial charge in [0.25, 0.3) is 5.91 Å². The lowest BCUT2D eigenvalue weighted by Crippen LogP contribution is -2.23. The second-order valence-corrected chi connectivity index (χ2v) is 7.35. The number of aromatic nitrogens is 3. The number of halogens is 4. The predicted octanol–water partition coefficient (Wildman–Crippen LogP) is 5.65. The first-order valence-corrected chi connectivity index (χ1v) is 10.1. The van der Waals surface area contributed by atoms with Crippen LogP contribution >= 0.6 is 0 Å². The van der Waals surface area contributed by atoms with Crippen LogP contribution < -0.4 is 10.1 Å². The van der Waals surface area contributed by atoms with Gasteiger partial charge in [-0.1, -0.05) is 6.07 Å². The Morgan fingerprint density at radius 2 is 1.88 bits per heavy atom. The fourth-order valence-corrected chi connectivity index (χ4v) is 3.30.